The van der Waals surface area contributed by atoms with Gasteiger partial charge in [-0.05, 0) is 41.1 Å². The Morgan fingerprint density at radius 2 is 1.63 bits per heavy atom. The zero-order valence-corrected chi connectivity index (χ0v) is 20.9. The molecule has 0 saturated heterocycles. The van der Waals surface area contributed by atoms with Crippen molar-refractivity contribution in [3.8, 4) is 10.6 Å². The van der Waals surface area contributed by atoms with Crippen LogP contribution in [0.1, 0.15) is 23.6 Å². The van der Waals surface area contributed by atoms with Crippen molar-refractivity contribution in [1.82, 2.24) is 9.47 Å². The Bertz CT molecular complexity index is 1440. The molecule has 0 unspecified atom stereocenters. The molecular weight excluding hydrogens is 450 g/mol. The lowest BCUT2D eigenvalue weighted by atomic mass is 10.1. The van der Waals surface area contributed by atoms with Gasteiger partial charge in [-0.2, -0.15) is 0 Å². The Morgan fingerprint density at radius 1 is 0.886 bits per heavy atom. The minimum absolute atomic E-state index is 0.0974. The van der Waals surface area contributed by atoms with Crippen LogP contribution in [0.2, 0.25) is 0 Å². The fourth-order valence-electron chi connectivity index (χ4n) is 4.70. The van der Waals surface area contributed by atoms with Crippen LogP contribution in [-0.4, -0.2) is 15.5 Å². The molecule has 2 heterocycles. The predicted molar refractivity (Wildman–Crippen MR) is 147 cm³/mol. The lowest BCUT2D eigenvalue weighted by Gasteiger charge is -2.25. The number of amides is 2. The third-order valence-electron chi connectivity index (χ3n) is 6.46. The van der Waals surface area contributed by atoms with Crippen LogP contribution in [0.15, 0.2) is 96.4 Å². The molecule has 0 aliphatic heterocycles. The van der Waals surface area contributed by atoms with E-state index < -0.39 is 0 Å². The van der Waals surface area contributed by atoms with Crippen molar-refractivity contribution in [2.75, 3.05) is 5.32 Å². The highest BCUT2D eigenvalue weighted by molar-refractivity contribution is 7.13. The number of aromatic nitrogens is 1. The van der Waals surface area contributed by atoms with Crippen molar-refractivity contribution in [2.24, 2.45) is 7.05 Å². The summed E-state index contributed by atoms with van der Waals surface area (Å²) >= 11 is 1.73. The number of anilines is 1. The van der Waals surface area contributed by atoms with E-state index >= 15 is 0 Å². The molecule has 4 nitrogen and oxygen atoms in total. The third kappa shape index (κ3) is 4.73. The summed E-state index contributed by atoms with van der Waals surface area (Å²) < 4.78 is 2.25. The molecule has 0 aliphatic carbocycles. The van der Waals surface area contributed by atoms with Crippen molar-refractivity contribution in [2.45, 2.75) is 26.4 Å². The van der Waals surface area contributed by atoms with E-state index in [2.05, 4.69) is 83.8 Å². The fraction of sp³-hybridized carbons (Fsp3) is 0.167. The number of rotatable bonds is 7. The van der Waals surface area contributed by atoms with Crippen LogP contribution in [0.3, 0.4) is 0 Å². The first-order chi connectivity index (χ1) is 17.2. The summed E-state index contributed by atoms with van der Waals surface area (Å²) in [7, 11) is 2.11. The number of carbonyl (C=O) groups excluding carboxylic acids is 1. The minimum atomic E-state index is -0.0974. The Labute approximate surface area is 210 Å². The number of benzene rings is 3. The van der Waals surface area contributed by atoms with E-state index in [1.807, 2.05) is 41.3 Å². The highest BCUT2D eigenvalue weighted by Crippen LogP contribution is 2.36. The number of aryl methyl sites for hydroxylation is 2. The number of para-hydroxylation sites is 2. The number of nitrogens with one attached hydrogen (secondary N) is 1. The highest BCUT2D eigenvalue weighted by Gasteiger charge is 2.23. The second-order valence-electron chi connectivity index (χ2n) is 8.66. The van der Waals surface area contributed by atoms with Gasteiger partial charge >= 0.3 is 6.03 Å². The minimum Gasteiger partial charge on any atom is -0.343 e. The van der Waals surface area contributed by atoms with Gasteiger partial charge in [-0.1, -0.05) is 79.7 Å². The van der Waals surface area contributed by atoms with Crippen molar-refractivity contribution >= 4 is 34.0 Å². The van der Waals surface area contributed by atoms with Gasteiger partial charge in [-0.3, -0.25) is 0 Å². The number of fused-ring (bicyclic) bond motifs is 1. The normalized spacial score (nSPS) is 11.0. The van der Waals surface area contributed by atoms with Gasteiger partial charge in [0.05, 0.1) is 17.1 Å². The van der Waals surface area contributed by atoms with Crippen LogP contribution in [0.25, 0.3) is 21.5 Å². The smallest absolute Gasteiger partial charge is 0.322 e. The molecule has 2 aromatic heterocycles. The van der Waals surface area contributed by atoms with E-state index in [-0.39, 0.29) is 6.03 Å². The molecule has 5 heteroatoms. The molecule has 2 amide bonds. The Kier molecular flexibility index (Phi) is 6.68. The Hall–Kier alpha value is -3.83. The van der Waals surface area contributed by atoms with Gasteiger partial charge in [-0.25, -0.2) is 4.79 Å². The fourth-order valence-corrected chi connectivity index (χ4v) is 5.53. The molecule has 1 N–H and O–H groups in total. The van der Waals surface area contributed by atoms with E-state index in [9.17, 15) is 4.79 Å². The summed E-state index contributed by atoms with van der Waals surface area (Å²) in [6, 6.07) is 30.8. The summed E-state index contributed by atoms with van der Waals surface area (Å²) in [4.78, 5) is 16.9. The SMILES string of the molecule is CCc1ccccc1NC(=O)N(Cc1ccccc1)Cc1c(-c2cccs2)n(C)c2ccccc12. The Balaban J connectivity index is 1.56. The number of nitrogens with zero attached hydrogens (tertiary/aromatic N) is 2. The van der Waals surface area contributed by atoms with Crippen molar-refractivity contribution in [3.63, 3.8) is 0 Å². The average molecular weight is 480 g/mol. The highest BCUT2D eigenvalue weighted by atomic mass is 32.1. The van der Waals surface area contributed by atoms with Crippen molar-refractivity contribution < 1.29 is 4.79 Å². The molecule has 5 aromatic rings. The van der Waals surface area contributed by atoms with Gasteiger partial charge in [0.1, 0.15) is 0 Å². The van der Waals surface area contributed by atoms with Crippen LogP contribution in [-0.2, 0) is 26.6 Å². The van der Waals surface area contributed by atoms with Crippen molar-refractivity contribution in [1.29, 1.82) is 0 Å². The van der Waals surface area contributed by atoms with Gasteiger partial charge in [-0.15, -0.1) is 11.3 Å². The molecule has 3 aromatic carbocycles. The first-order valence-corrected chi connectivity index (χ1v) is 12.8. The van der Waals surface area contributed by atoms with E-state index in [4.69, 9.17) is 0 Å². The summed E-state index contributed by atoms with van der Waals surface area (Å²) in [6.45, 7) is 3.13. The largest absolute Gasteiger partial charge is 0.343 e. The molecule has 0 radical (unpaired) electrons. The van der Waals surface area contributed by atoms with E-state index in [1.54, 1.807) is 11.3 Å². The third-order valence-corrected chi connectivity index (χ3v) is 7.34. The first-order valence-electron chi connectivity index (χ1n) is 11.9. The number of carbonyl (C=O) groups is 1. The van der Waals surface area contributed by atoms with Crippen LogP contribution >= 0.6 is 11.3 Å². The monoisotopic (exact) mass is 479 g/mol. The summed E-state index contributed by atoms with van der Waals surface area (Å²) in [5.74, 6) is 0. The molecule has 0 fully saturated rings. The van der Waals surface area contributed by atoms with Crippen LogP contribution < -0.4 is 5.32 Å². The second-order valence-corrected chi connectivity index (χ2v) is 9.61. The molecule has 0 spiro atoms. The van der Waals surface area contributed by atoms with Gasteiger partial charge in [0.15, 0.2) is 0 Å². The van der Waals surface area contributed by atoms with Gasteiger partial charge in [0.25, 0.3) is 0 Å². The second kappa shape index (κ2) is 10.2. The van der Waals surface area contributed by atoms with E-state index in [0.717, 1.165) is 23.2 Å². The van der Waals surface area contributed by atoms with Crippen LogP contribution in [0.4, 0.5) is 10.5 Å². The molecule has 0 bridgehead atoms. The zero-order valence-electron chi connectivity index (χ0n) is 20.1. The van der Waals surface area contributed by atoms with Crippen molar-refractivity contribution in [3.05, 3.63) is 113 Å². The number of thiophene rings is 1. The quantitative estimate of drug-likeness (QED) is 0.255. The molecular formula is C30H29N3OS. The summed E-state index contributed by atoms with van der Waals surface area (Å²) in [5.41, 5.74) is 6.60. The van der Waals surface area contributed by atoms with Crippen LogP contribution in [0, 0.1) is 0 Å². The van der Waals surface area contributed by atoms with Gasteiger partial charge < -0.3 is 14.8 Å². The first kappa shape index (κ1) is 22.9. The standard InChI is InChI=1S/C30H29N3OS/c1-3-23-14-7-9-16-26(23)31-30(34)33(20-22-12-5-4-6-13-22)21-25-24-15-8-10-17-27(24)32(2)29(25)28-18-11-19-35-28/h4-19H,3,20-21H2,1-2H3,(H,31,34). The molecule has 5 rings (SSSR count). The molecule has 0 saturated carbocycles. The van der Waals surface area contributed by atoms with E-state index in [1.165, 1.54) is 27.0 Å². The van der Waals surface area contributed by atoms with E-state index in [0.29, 0.717) is 13.1 Å². The summed E-state index contributed by atoms with van der Waals surface area (Å²) in [6.07, 6.45) is 0.862. The maximum absolute atomic E-state index is 13.7. The Morgan fingerprint density at radius 3 is 2.40 bits per heavy atom. The van der Waals surface area contributed by atoms with Gasteiger partial charge in [0, 0.05) is 35.7 Å². The average Bonchev–Trinajstić information content (AvgIpc) is 3.51. The van der Waals surface area contributed by atoms with Crippen LogP contribution in [0.5, 0.6) is 0 Å². The molecule has 176 valence electrons. The maximum atomic E-state index is 13.7. The number of hydrogen-bond donors (Lipinski definition) is 1. The lowest BCUT2D eigenvalue weighted by molar-refractivity contribution is 0.206. The number of urea groups is 1. The molecule has 0 aliphatic rings. The summed E-state index contributed by atoms with van der Waals surface area (Å²) in [5, 5.41) is 6.48. The zero-order chi connectivity index (χ0) is 24.2. The van der Waals surface area contributed by atoms with Gasteiger partial charge in [0.2, 0.25) is 0 Å². The predicted octanol–water partition coefficient (Wildman–Crippen LogP) is 7.70. The maximum Gasteiger partial charge on any atom is 0.322 e. The topological polar surface area (TPSA) is 37.3 Å². The molecule has 0 atom stereocenters. The lowest BCUT2D eigenvalue weighted by Crippen LogP contribution is -2.34. The number of hydrogen-bond acceptors (Lipinski definition) is 2. The molecule has 35 heavy (non-hydrogen) atoms.